The average Bonchev–Trinajstić information content (AvgIpc) is 3.07. The third kappa shape index (κ3) is 1.94. The molecule has 108 valence electrons. The van der Waals surface area contributed by atoms with Gasteiger partial charge in [-0.05, 0) is 12.5 Å². The van der Waals surface area contributed by atoms with Crippen molar-refractivity contribution >= 4 is 11.0 Å². The van der Waals surface area contributed by atoms with E-state index in [1.807, 2.05) is 23.9 Å². The first-order valence-corrected chi connectivity index (χ1v) is 7.07. The SMILES string of the molecule is CCc1cc(-c2nc3cc4c(cc3[nH]2)OCCO4)n(C)n1. The number of hydrogen-bond donors (Lipinski definition) is 1. The highest BCUT2D eigenvalue weighted by Crippen LogP contribution is 2.34. The van der Waals surface area contributed by atoms with E-state index < -0.39 is 0 Å². The zero-order valence-corrected chi connectivity index (χ0v) is 12.0. The summed E-state index contributed by atoms with van der Waals surface area (Å²) in [7, 11) is 1.93. The van der Waals surface area contributed by atoms with Gasteiger partial charge in [-0.25, -0.2) is 4.98 Å². The van der Waals surface area contributed by atoms with Crippen molar-refractivity contribution in [1.82, 2.24) is 19.7 Å². The van der Waals surface area contributed by atoms with Gasteiger partial charge in [0, 0.05) is 19.2 Å². The van der Waals surface area contributed by atoms with Crippen LogP contribution in [0.2, 0.25) is 0 Å². The molecule has 3 heterocycles. The topological polar surface area (TPSA) is 65.0 Å². The first kappa shape index (κ1) is 12.3. The molecule has 3 aromatic rings. The number of rotatable bonds is 2. The maximum atomic E-state index is 5.60. The lowest BCUT2D eigenvalue weighted by Gasteiger charge is -2.17. The minimum atomic E-state index is 0.581. The molecule has 0 saturated carbocycles. The molecule has 0 aliphatic carbocycles. The van der Waals surface area contributed by atoms with Gasteiger partial charge in [-0.15, -0.1) is 0 Å². The molecule has 0 bridgehead atoms. The molecule has 2 aromatic heterocycles. The third-order valence-electron chi connectivity index (χ3n) is 3.68. The highest BCUT2D eigenvalue weighted by Gasteiger charge is 2.16. The fourth-order valence-corrected chi connectivity index (χ4v) is 2.59. The molecule has 1 aromatic carbocycles. The number of ether oxygens (including phenoxy) is 2. The summed E-state index contributed by atoms with van der Waals surface area (Å²) in [6.07, 6.45) is 0.907. The van der Waals surface area contributed by atoms with Crippen LogP contribution in [-0.2, 0) is 13.5 Å². The van der Waals surface area contributed by atoms with Crippen LogP contribution in [-0.4, -0.2) is 33.0 Å². The summed E-state index contributed by atoms with van der Waals surface area (Å²) >= 11 is 0. The molecule has 21 heavy (non-hydrogen) atoms. The molecular weight excluding hydrogens is 268 g/mol. The molecule has 0 atom stereocenters. The summed E-state index contributed by atoms with van der Waals surface area (Å²) in [4.78, 5) is 7.98. The van der Waals surface area contributed by atoms with Gasteiger partial charge in [-0.1, -0.05) is 6.92 Å². The highest BCUT2D eigenvalue weighted by molar-refractivity contribution is 5.82. The van der Waals surface area contributed by atoms with Crippen molar-refractivity contribution in [2.75, 3.05) is 13.2 Å². The summed E-state index contributed by atoms with van der Waals surface area (Å²) in [5.74, 6) is 2.33. The van der Waals surface area contributed by atoms with Crippen LogP contribution in [0.3, 0.4) is 0 Å². The van der Waals surface area contributed by atoms with Gasteiger partial charge in [-0.3, -0.25) is 4.68 Å². The van der Waals surface area contributed by atoms with E-state index in [0.717, 1.165) is 46.2 Å². The lowest BCUT2D eigenvalue weighted by atomic mass is 10.2. The quantitative estimate of drug-likeness (QED) is 0.784. The van der Waals surface area contributed by atoms with Gasteiger partial charge in [0.25, 0.3) is 0 Å². The van der Waals surface area contributed by atoms with Gasteiger partial charge in [0.1, 0.15) is 18.9 Å². The van der Waals surface area contributed by atoms with E-state index in [9.17, 15) is 0 Å². The number of nitrogens with zero attached hydrogens (tertiary/aromatic N) is 3. The second-order valence-electron chi connectivity index (χ2n) is 5.10. The Hall–Kier alpha value is -2.50. The molecule has 6 heteroatoms. The Labute approximate surface area is 121 Å². The number of aryl methyl sites for hydroxylation is 2. The number of nitrogens with one attached hydrogen (secondary N) is 1. The van der Waals surface area contributed by atoms with Crippen molar-refractivity contribution in [1.29, 1.82) is 0 Å². The van der Waals surface area contributed by atoms with E-state index in [0.29, 0.717) is 13.2 Å². The lowest BCUT2D eigenvalue weighted by molar-refractivity contribution is 0.172. The number of aromatic amines is 1. The van der Waals surface area contributed by atoms with Crippen LogP contribution in [0.5, 0.6) is 11.5 Å². The molecule has 0 amide bonds. The maximum Gasteiger partial charge on any atom is 0.163 e. The van der Waals surface area contributed by atoms with Gasteiger partial charge in [0.15, 0.2) is 17.3 Å². The van der Waals surface area contributed by atoms with E-state index in [2.05, 4.69) is 28.1 Å². The Kier molecular flexibility index (Phi) is 2.63. The van der Waals surface area contributed by atoms with Crippen molar-refractivity contribution in [2.45, 2.75) is 13.3 Å². The number of benzene rings is 1. The van der Waals surface area contributed by atoms with Gasteiger partial charge in [-0.2, -0.15) is 5.10 Å². The van der Waals surface area contributed by atoms with Crippen molar-refractivity contribution in [3.63, 3.8) is 0 Å². The van der Waals surface area contributed by atoms with Crippen LogP contribution in [0.25, 0.3) is 22.6 Å². The van der Waals surface area contributed by atoms with Gasteiger partial charge < -0.3 is 14.5 Å². The standard InChI is InChI=1S/C15H16N4O2/c1-3-9-6-12(19(2)18-9)15-16-10-7-13-14(8-11(10)17-15)21-5-4-20-13/h6-8H,3-5H2,1-2H3,(H,16,17). The number of aromatic nitrogens is 4. The zero-order valence-electron chi connectivity index (χ0n) is 12.0. The Balaban J connectivity index is 1.84. The fraction of sp³-hybridized carbons (Fsp3) is 0.333. The molecule has 0 radical (unpaired) electrons. The summed E-state index contributed by atoms with van der Waals surface area (Å²) in [6.45, 7) is 3.26. The van der Waals surface area contributed by atoms with E-state index in [-0.39, 0.29) is 0 Å². The summed E-state index contributed by atoms with van der Waals surface area (Å²) in [6, 6.07) is 5.92. The van der Waals surface area contributed by atoms with Crippen LogP contribution in [0.1, 0.15) is 12.6 Å². The number of hydrogen-bond acceptors (Lipinski definition) is 4. The summed E-state index contributed by atoms with van der Waals surface area (Å²) in [5.41, 5.74) is 3.84. The van der Waals surface area contributed by atoms with Crippen LogP contribution in [0, 0.1) is 0 Å². The van der Waals surface area contributed by atoms with Crippen molar-refractivity contribution < 1.29 is 9.47 Å². The van der Waals surface area contributed by atoms with Gasteiger partial charge in [0.2, 0.25) is 0 Å². The van der Waals surface area contributed by atoms with Gasteiger partial charge in [0.05, 0.1) is 16.7 Å². The first-order valence-electron chi connectivity index (χ1n) is 7.07. The second kappa shape index (κ2) is 4.51. The number of fused-ring (bicyclic) bond motifs is 2. The summed E-state index contributed by atoms with van der Waals surface area (Å²) < 4.78 is 13.0. The average molecular weight is 284 g/mol. The molecule has 0 fully saturated rings. The smallest absolute Gasteiger partial charge is 0.163 e. The van der Waals surface area contributed by atoms with Crippen LogP contribution in [0.15, 0.2) is 18.2 Å². The lowest BCUT2D eigenvalue weighted by Crippen LogP contribution is -2.15. The van der Waals surface area contributed by atoms with Crippen LogP contribution in [0.4, 0.5) is 0 Å². The Morgan fingerprint density at radius 3 is 2.67 bits per heavy atom. The molecule has 0 saturated heterocycles. The van der Waals surface area contributed by atoms with E-state index in [1.165, 1.54) is 0 Å². The maximum absolute atomic E-state index is 5.60. The van der Waals surface area contributed by atoms with Crippen molar-refractivity contribution in [3.8, 4) is 23.0 Å². The monoisotopic (exact) mass is 284 g/mol. The predicted octanol–water partition coefficient (Wildman–Crippen LogP) is 2.30. The molecule has 0 unspecified atom stereocenters. The van der Waals surface area contributed by atoms with Crippen molar-refractivity contribution in [2.24, 2.45) is 7.05 Å². The third-order valence-corrected chi connectivity index (χ3v) is 3.68. The normalized spacial score (nSPS) is 13.8. The number of imidazole rings is 1. The zero-order chi connectivity index (χ0) is 14.4. The molecule has 1 aliphatic rings. The Bertz CT molecular complexity index is 776. The molecule has 4 rings (SSSR count). The van der Waals surface area contributed by atoms with E-state index >= 15 is 0 Å². The Morgan fingerprint density at radius 1 is 1.19 bits per heavy atom. The molecule has 6 nitrogen and oxygen atoms in total. The number of H-pyrrole nitrogens is 1. The fourth-order valence-electron chi connectivity index (χ4n) is 2.59. The molecule has 0 spiro atoms. The first-order chi connectivity index (χ1) is 10.2. The summed E-state index contributed by atoms with van der Waals surface area (Å²) in [5, 5.41) is 4.46. The molecule has 1 aliphatic heterocycles. The highest BCUT2D eigenvalue weighted by atomic mass is 16.6. The minimum Gasteiger partial charge on any atom is -0.486 e. The Morgan fingerprint density at radius 2 is 1.95 bits per heavy atom. The largest absolute Gasteiger partial charge is 0.486 e. The van der Waals surface area contributed by atoms with E-state index in [1.54, 1.807) is 0 Å². The van der Waals surface area contributed by atoms with E-state index in [4.69, 9.17) is 9.47 Å². The second-order valence-corrected chi connectivity index (χ2v) is 5.10. The molecule has 1 N–H and O–H groups in total. The van der Waals surface area contributed by atoms with Crippen molar-refractivity contribution in [3.05, 3.63) is 23.9 Å². The van der Waals surface area contributed by atoms with Crippen LogP contribution < -0.4 is 9.47 Å². The van der Waals surface area contributed by atoms with Crippen LogP contribution >= 0.6 is 0 Å². The minimum absolute atomic E-state index is 0.581. The predicted molar refractivity (Wildman–Crippen MR) is 78.7 cm³/mol. The molecular formula is C15H16N4O2. The van der Waals surface area contributed by atoms with Gasteiger partial charge >= 0.3 is 0 Å².